The lowest BCUT2D eigenvalue weighted by atomic mass is 10.00. The smallest absolute Gasteiger partial charge is 0.131 e. The van der Waals surface area contributed by atoms with E-state index in [1.54, 1.807) is 6.20 Å². The third-order valence-electron chi connectivity index (χ3n) is 5.97. The largest absolute Gasteiger partial charge is 0.383 e. The van der Waals surface area contributed by atoms with Crippen LogP contribution in [0.3, 0.4) is 0 Å². The maximum Gasteiger partial charge on any atom is 0.131 e. The average Bonchev–Trinajstić information content (AvgIpc) is 2.76. The standard InChI is InChI=1S/C27H26N4/c1-18-3-8-24-14-20(7-10-26(24)30-18)13-21-5-4-19(2)31(16-21)17-22-6-9-25-23(15-22)11-12-29-27(25)28/h3-12,14-16,19H,13,17H2,1-2H3,(H2,28,29). The van der Waals surface area contributed by atoms with Crippen molar-refractivity contribution in [2.45, 2.75) is 32.9 Å². The third kappa shape index (κ3) is 4.02. The van der Waals surface area contributed by atoms with Gasteiger partial charge >= 0.3 is 0 Å². The van der Waals surface area contributed by atoms with Crippen molar-refractivity contribution in [2.24, 2.45) is 0 Å². The number of fused-ring (bicyclic) bond motifs is 2. The first-order valence-corrected chi connectivity index (χ1v) is 10.7. The van der Waals surface area contributed by atoms with Gasteiger partial charge in [0.05, 0.1) is 5.52 Å². The Morgan fingerprint density at radius 2 is 1.81 bits per heavy atom. The Hall–Kier alpha value is -3.66. The van der Waals surface area contributed by atoms with E-state index < -0.39 is 0 Å². The molecular weight excluding hydrogens is 380 g/mol. The van der Waals surface area contributed by atoms with Crippen LogP contribution in [0.5, 0.6) is 0 Å². The summed E-state index contributed by atoms with van der Waals surface area (Å²) in [5.41, 5.74) is 12.0. The number of nitrogen functional groups attached to an aromatic ring is 1. The van der Waals surface area contributed by atoms with E-state index in [9.17, 15) is 0 Å². The van der Waals surface area contributed by atoms with Crippen LogP contribution in [-0.2, 0) is 13.0 Å². The van der Waals surface area contributed by atoms with Crippen molar-refractivity contribution in [3.63, 3.8) is 0 Å². The number of rotatable bonds is 4. The molecule has 0 saturated heterocycles. The zero-order chi connectivity index (χ0) is 21.4. The Morgan fingerprint density at radius 3 is 2.71 bits per heavy atom. The topological polar surface area (TPSA) is 55.0 Å². The zero-order valence-electron chi connectivity index (χ0n) is 17.9. The molecule has 0 bridgehead atoms. The molecule has 0 aliphatic carbocycles. The molecule has 2 N–H and O–H groups in total. The molecule has 1 unspecified atom stereocenters. The van der Waals surface area contributed by atoms with E-state index in [1.807, 2.05) is 13.0 Å². The Morgan fingerprint density at radius 1 is 0.968 bits per heavy atom. The molecule has 2 aromatic carbocycles. The molecule has 0 fully saturated rings. The maximum absolute atomic E-state index is 6.00. The van der Waals surface area contributed by atoms with Crippen molar-refractivity contribution in [3.8, 4) is 0 Å². The van der Waals surface area contributed by atoms with Crippen LogP contribution >= 0.6 is 0 Å². The quantitative estimate of drug-likeness (QED) is 0.482. The fraction of sp³-hybridized carbons (Fsp3) is 0.185. The Labute approximate surface area is 182 Å². The van der Waals surface area contributed by atoms with Gasteiger partial charge in [-0.25, -0.2) is 4.98 Å². The molecule has 154 valence electrons. The number of allylic oxidation sites excluding steroid dienone is 2. The van der Waals surface area contributed by atoms with Gasteiger partial charge in [-0.3, -0.25) is 4.98 Å². The number of hydrogen-bond acceptors (Lipinski definition) is 4. The summed E-state index contributed by atoms with van der Waals surface area (Å²) in [6.45, 7) is 5.12. The molecule has 31 heavy (non-hydrogen) atoms. The van der Waals surface area contributed by atoms with E-state index in [4.69, 9.17) is 5.73 Å². The Balaban J connectivity index is 1.37. The van der Waals surface area contributed by atoms with Gasteiger partial charge in [0.25, 0.3) is 0 Å². The molecule has 5 rings (SSSR count). The van der Waals surface area contributed by atoms with E-state index in [1.165, 1.54) is 22.1 Å². The van der Waals surface area contributed by atoms with Crippen LogP contribution in [0.1, 0.15) is 23.7 Å². The van der Waals surface area contributed by atoms with Gasteiger partial charge in [0.2, 0.25) is 0 Å². The first kappa shape index (κ1) is 19.3. The number of anilines is 1. The molecule has 0 amide bonds. The summed E-state index contributed by atoms with van der Waals surface area (Å²) in [6.07, 6.45) is 9.51. The van der Waals surface area contributed by atoms with Crippen molar-refractivity contribution in [2.75, 3.05) is 5.73 Å². The molecule has 2 aromatic heterocycles. The molecule has 1 aliphatic rings. The normalized spacial score (nSPS) is 16.1. The summed E-state index contributed by atoms with van der Waals surface area (Å²) >= 11 is 0. The van der Waals surface area contributed by atoms with Gasteiger partial charge in [0.1, 0.15) is 5.82 Å². The van der Waals surface area contributed by atoms with Gasteiger partial charge in [0.15, 0.2) is 0 Å². The van der Waals surface area contributed by atoms with Crippen molar-refractivity contribution >= 4 is 27.5 Å². The number of nitrogens with two attached hydrogens (primary N) is 1. The van der Waals surface area contributed by atoms with Gasteiger partial charge in [-0.2, -0.15) is 0 Å². The van der Waals surface area contributed by atoms with Gasteiger partial charge in [-0.15, -0.1) is 0 Å². The van der Waals surface area contributed by atoms with Gasteiger partial charge < -0.3 is 10.6 Å². The predicted molar refractivity (Wildman–Crippen MR) is 129 cm³/mol. The van der Waals surface area contributed by atoms with Crippen molar-refractivity contribution in [1.82, 2.24) is 14.9 Å². The van der Waals surface area contributed by atoms with E-state index in [0.29, 0.717) is 11.9 Å². The van der Waals surface area contributed by atoms with Gasteiger partial charge in [-0.05, 0) is 72.7 Å². The Kier molecular flexibility index (Phi) is 4.91. The van der Waals surface area contributed by atoms with Crippen molar-refractivity contribution in [1.29, 1.82) is 0 Å². The van der Waals surface area contributed by atoms with Crippen molar-refractivity contribution < 1.29 is 0 Å². The molecule has 0 spiro atoms. The first-order chi connectivity index (χ1) is 15.0. The predicted octanol–water partition coefficient (Wildman–Crippen LogP) is 5.56. The molecule has 4 nitrogen and oxygen atoms in total. The number of pyridine rings is 2. The molecule has 0 saturated carbocycles. The fourth-order valence-electron chi connectivity index (χ4n) is 4.22. The van der Waals surface area contributed by atoms with Crippen LogP contribution in [0.2, 0.25) is 0 Å². The minimum atomic E-state index is 0.353. The first-order valence-electron chi connectivity index (χ1n) is 10.7. The molecule has 4 heteroatoms. The van der Waals surface area contributed by atoms with Crippen LogP contribution in [0.15, 0.2) is 84.7 Å². The lowest BCUT2D eigenvalue weighted by Crippen LogP contribution is -2.28. The highest BCUT2D eigenvalue weighted by molar-refractivity contribution is 5.91. The zero-order valence-corrected chi connectivity index (χ0v) is 17.9. The van der Waals surface area contributed by atoms with Crippen molar-refractivity contribution in [3.05, 3.63) is 102 Å². The van der Waals surface area contributed by atoms with E-state index >= 15 is 0 Å². The number of hydrogen-bond donors (Lipinski definition) is 1. The molecule has 4 aromatic rings. The van der Waals surface area contributed by atoms with E-state index in [0.717, 1.165) is 34.9 Å². The molecule has 1 aliphatic heterocycles. The summed E-state index contributed by atoms with van der Waals surface area (Å²) in [5, 5.41) is 3.34. The third-order valence-corrected chi connectivity index (χ3v) is 5.97. The van der Waals surface area contributed by atoms with Gasteiger partial charge in [0, 0.05) is 41.4 Å². The summed E-state index contributed by atoms with van der Waals surface area (Å²) in [7, 11) is 0. The summed E-state index contributed by atoms with van der Waals surface area (Å²) < 4.78 is 0. The lowest BCUT2D eigenvalue weighted by Gasteiger charge is -2.30. The average molecular weight is 407 g/mol. The van der Waals surface area contributed by atoms with Gasteiger partial charge in [-0.1, -0.05) is 36.4 Å². The number of nitrogens with zero attached hydrogens (tertiary/aromatic N) is 3. The minimum Gasteiger partial charge on any atom is -0.383 e. The monoisotopic (exact) mass is 406 g/mol. The maximum atomic E-state index is 6.00. The summed E-state index contributed by atoms with van der Waals surface area (Å²) in [4.78, 5) is 11.2. The Bertz CT molecular complexity index is 1340. The number of aromatic nitrogens is 2. The second kappa shape index (κ2) is 7.88. The summed E-state index contributed by atoms with van der Waals surface area (Å²) in [5.74, 6) is 0.584. The summed E-state index contributed by atoms with van der Waals surface area (Å²) in [6, 6.07) is 19.6. The molecule has 0 radical (unpaired) electrons. The van der Waals surface area contributed by atoms with Crippen LogP contribution in [0.4, 0.5) is 5.82 Å². The fourth-order valence-corrected chi connectivity index (χ4v) is 4.22. The highest BCUT2D eigenvalue weighted by Crippen LogP contribution is 2.24. The molecule has 1 atom stereocenters. The van der Waals surface area contributed by atoms with Crippen LogP contribution in [-0.4, -0.2) is 20.9 Å². The van der Waals surface area contributed by atoms with E-state index in [-0.39, 0.29) is 0 Å². The van der Waals surface area contributed by atoms with Crippen LogP contribution < -0.4 is 5.73 Å². The van der Waals surface area contributed by atoms with Crippen LogP contribution in [0.25, 0.3) is 21.7 Å². The number of benzene rings is 2. The van der Waals surface area contributed by atoms with E-state index in [2.05, 4.69) is 88.7 Å². The lowest BCUT2D eigenvalue weighted by molar-refractivity contribution is 0.322. The van der Waals surface area contributed by atoms with Crippen LogP contribution in [0, 0.1) is 6.92 Å². The SMILES string of the molecule is Cc1ccc2cc(CC3=CN(Cc4ccc5c(N)nccc5c4)C(C)C=C3)ccc2n1. The second-order valence-electron chi connectivity index (χ2n) is 8.38. The highest BCUT2D eigenvalue weighted by atomic mass is 15.1. The minimum absolute atomic E-state index is 0.353. The highest BCUT2D eigenvalue weighted by Gasteiger charge is 2.14. The molecule has 3 heterocycles. The molecular formula is C27H26N4. The number of aryl methyl sites for hydroxylation is 1. The second-order valence-corrected chi connectivity index (χ2v) is 8.38.